The third-order valence-corrected chi connectivity index (χ3v) is 4.79. The second kappa shape index (κ2) is 5.71. The van der Waals surface area contributed by atoms with E-state index in [-0.39, 0.29) is 0 Å². The summed E-state index contributed by atoms with van der Waals surface area (Å²) in [5, 5.41) is 0. The van der Waals surface area contributed by atoms with Crippen molar-refractivity contribution in [2.75, 3.05) is 26.7 Å². The molecule has 1 heterocycles. The molecule has 17 heavy (non-hydrogen) atoms. The number of rotatable bonds is 4. The summed E-state index contributed by atoms with van der Waals surface area (Å²) in [5.74, 6) is 1.92. The van der Waals surface area contributed by atoms with Crippen LogP contribution in [0.4, 0.5) is 0 Å². The molecule has 2 aliphatic rings. The molecule has 0 bridgehead atoms. The van der Waals surface area contributed by atoms with E-state index in [1.54, 1.807) is 0 Å². The summed E-state index contributed by atoms with van der Waals surface area (Å²) < 4.78 is 0. The van der Waals surface area contributed by atoms with E-state index in [2.05, 4.69) is 37.6 Å². The molecule has 2 nitrogen and oxygen atoms in total. The molecule has 2 fully saturated rings. The third-order valence-electron chi connectivity index (χ3n) is 4.79. The molecular weight excluding hydrogens is 208 g/mol. The Bertz CT molecular complexity index is 225. The first-order chi connectivity index (χ1) is 8.06. The first-order valence-electron chi connectivity index (χ1n) is 7.50. The zero-order chi connectivity index (χ0) is 12.4. The van der Waals surface area contributed by atoms with E-state index in [0.29, 0.717) is 0 Å². The van der Waals surface area contributed by atoms with Gasteiger partial charge in [0.15, 0.2) is 0 Å². The van der Waals surface area contributed by atoms with Gasteiger partial charge < -0.3 is 4.90 Å². The molecule has 0 unspecified atom stereocenters. The highest BCUT2D eigenvalue weighted by atomic mass is 15.2. The predicted molar refractivity (Wildman–Crippen MR) is 74.2 cm³/mol. The van der Waals surface area contributed by atoms with Gasteiger partial charge in [-0.1, -0.05) is 6.92 Å². The number of nitrogens with zero attached hydrogens (tertiary/aromatic N) is 2. The molecule has 0 spiro atoms. The smallest absolute Gasteiger partial charge is 0.0103 e. The molecule has 0 N–H and O–H groups in total. The molecule has 0 aromatic heterocycles. The highest BCUT2D eigenvalue weighted by Crippen LogP contribution is 2.33. The average molecular weight is 238 g/mol. The monoisotopic (exact) mass is 238 g/mol. The minimum absolute atomic E-state index is 0.729. The fraction of sp³-hybridized carbons (Fsp3) is 1.00. The quantitative estimate of drug-likeness (QED) is 0.743. The zero-order valence-corrected chi connectivity index (χ0v) is 12.2. The molecule has 0 atom stereocenters. The summed E-state index contributed by atoms with van der Waals surface area (Å²) in [6, 6.07) is 1.62. The second-order valence-electron chi connectivity index (χ2n) is 6.77. The van der Waals surface area contributed by atoms with E-state index in [9.17, 15) is 0 Å². The number of hydrogen-bond acceptors (Lipinski definition) is 2. The lowest BCUT2D eigenvalue weighted by Gasteiger charge is -2.46. The normalized spacial score (nSPS) is 32.1. The second-order valence-corrected chi connectivity index (χ2v) is 6.77. The van der Waals surface area contributed by atoms with Crippen molar-refractivity contribution in [2.45, 2.75) is 58.5 Å². The molecular formula is C15H30N2. The lowest BCUT2D eigenvalue weighted by molar-refractivity contribution is 0.0356. The predicted octanol–water partition coefficient (Wildman–Crippen LogP) is 2.84. The van der Waals surface area contributed by atoms with Crippen molar-refractivity contribution in [1.29, 1.82) is 0 Å². The van der Waals surface area contributed by atoms with Crippen LogP contribution in [0.15, 0.2) is 0 Å². The Kier molecular flexibility index (Phi) is 4.48. The summed E-state index contributed by atoms with van der Waals surface area (Å²) in [4.78, 5) is 5.26. The minimum atomic E-state index is 0.729. The summed E-state index contributed by atoms with van der Waals surface area (Å²) in [6.45, 7) is 11.1. The Hall–Kier alpha value is -0.0800. The van der Waals surface area contributed by atoms with Crippen molar-refractivity contribution in [1.82, 2.24) is 9.80 Å². The average Bonchev–Trinajstić information content (AvgIpc) is 2.24. The first-order valence-corrected chi connectivity index (χ1v) is 7.50. The van der Waals surface area contributed by atoms with Crippen LogP contribution in [-0.4, -0.2) is 48.6 Å². The van der Waals surface area contributed by atoms with Crippen LogP contribution >= 0.6 is 0 Å². The van der Waals surface area contributed by atoms with Crippen molar-refractivity contribution in [3.05, 3.63) is 0 Å². The SMILES string of the molecule is CC1CC(N(CC2CCN(C)CC2)C(C)C)C1. The van der Waals surface area contributed by atoms with E-state index < -0.39 is 0 Å². The molecule has 1 aliphatic carbocycles. The van der Waals surface area contributed by atoms with Gasteiger partial charge in [0.2, 0.25) is 0 Å². The van der Waals surface area contributed by atoms with Gasteiger partial charge in [0.05, 0.1) is 0 Å². The van der Waals surface area contributed by atoms with E-state index in [1.807, 2.05) is 0 Å². The molecule has 0 aromatic rings. The number of hydrogen-bond donors (Lipinski definition) is 0. The van der Waals surface area contributed by atoms with Gasteiger partial charge in [0.25, 0.3) is 0 Å². The zero-order valence-electron chi connectivity index (χ0n) is 12.2. The van der Waals surface area contributed by atoms with Crippen LogP contribution in [0.2, 0.25) is 0 Å². The van der Waals surface area contributed by atoms with Crippen LogP contribution in [0.25, 0.3) is 0 Å². The van der Waals surface area contributed by atoms with Crippen molar-refractivity contribution in [3.8, 4) is 0 Å². The molecule has 0 aromatic carbocycles. The van der Waals surface area contributed by atoms with E-state index in [0.717, 1.165) is 23.9 Å². The largest absolute Gasteiger partial charge is 0.306 e. The highest BCUT2D eigenvalue weighted by Gasteiger charge is 2.33. The topological polar surface area (TPSA) is 6.48 Å². The van der Waals surface area contributed by atoms with E-state index in [4.69, 9.17) is 0 Å². The van der Waals surface area contributed by atoms with Crippen LogP contribution in [0.5, 0.6) is 0 Å². The van der Waals surface area contributed by atoms with Gasteiger partial charge in [0.1, 0.15) is 0 Å². The third kappa shape index (κ3) is 3.45. The molecule has 1 saturated heterocycles. The molecule has 2 rings (SSSR count). The van der Waals surface area contributed by atoms with Crippen LogP contribution in [-0.2, 0) is 0 Å². The maximum Gasteiger partial charge on any atom is 0.0103 e. The summed E-state index contributed by atoms with van der Waals surface area (Å²) >= 11 is 0. The molecule has 100 valence electrons. The van der Waals surface area contributed by atoms with Crippen molar-refractivity contribution < 1.29 is 0 Å². The lowest BCUT2D eigenvalue weighted by atomic mass is 9.79. The van der Waals surface area contributed by atoms with Gasteiger partial charge in [-0.3, -0.25) is 4.90 Å². The number of likely N-dealkylation sites (tertiary alicyclic amines) is 1. The van der Waals surface area contributed by atoms with Gasteiger partial charge in [-0.25, -0.2) is 0 Å². The highest BCUT2D eigenvalue weighted by molar-refractivity contribution is 4.88. The lowest BCUT2D eigenvalue weighted by Crippen LogP contribution is -2.50. The summed E-state index contributed by atoms with van der Waals surface area (Å²) in [6.07, 6.45) is 5.68. The van der Waals surface area contributed by atoms with Crippen LogP contribution in [0, 0.1) is 11.8 Å². The summed E-state index contributed by atoms with van der Waals surface area (Å²) in [5.41, 5.74) is 0. The maximum atomic E-state index is 2.79. The van der Waals surface area contributed by atoms with E-state index in [1.165, 1.54) is 45.3 Å². The molecule has 1 saturated carbocycles. The fourth-order valence-corrected chi connectivity index (χ4v) is 3.45. The summed E-state index contributed by atoms with van der Waals surface area (Å²) in [7, 11) is 2.25. The molecule has 2 heteroatoms. The van der Waals surface area contributed by atoms with Crippen LogP contribution in [0.3, 0.4) is 0 Å². The maximum absolute atomic E-state index is 2.79. The molecule has 0 radical (unpaired) electrons. The van der Waals surface area contributed by atoms with E-state index >= 15 is 0 Å². The molecule has 0 amide bonds. The van der Waals surface area contributed by atoms with Crippen LogP contribution in [0.1, 0.15) is 46.5 Å². The van der Waals surface area contributed by atoms with Gasteiger partial charge >= 0.3 is 0 Å². The first kappa shape index (κ1) is 13.4. The van der Waals surface area contributed by atoms with Crippen molar-refractivity contribution in [2.24, 2.45) is 11.8 Å². The Labute approximate surface area is 107 Å². The Morgan fingerprint density at radius 3 is 2.24 bits per heavy atom. The van der Waals surface area contributed by atoms with Gasteiger partial charge in [-0.05, 0) is 71.5 Å². The van der Waals surface area contributed by atoms with Gasteiger partial charge in [-0.15, -0.1) is 0 Å². The van der Waals surface area contributed by atoms with Crippen LogP contribution < -0.4 is 0 Å². The van der Waals surface area contributed by atoms with Crippen molar-refractivity contribution >= 4 is 0 Å². The fourth-order valence-electron chi connectivity index (χ4n) is 3.45. The Morgan fingerprint density at radius 2 is 1.76 bits per heavy atom. The number of piperidine rings is 1. The van der Waals surface area contributed by atoms with Gasteiger partial charge in [0, 0.05) is 18.6 Å². The standard InChI is InChI=1S/C15H30N2/c1-12(2)17(15-9-13(3)10-15)11-14-5-7-16(4)8-6-14/h12-15H,5-11H2,1-4H3. The Morgan fingerprint density at radius 1 is 1.18 bits per heavy atom. The van der Waals surface area contributed by atoms with Crippen molar-refractivity contribution in [3.63, 3.8) is 0 Å². The minimum Gasteiger partial charge on any atom is -0.306 e. The molecule has 1 aliphatic heterocycles. The van der Waals surface area contributed by atoms with Gasteiger partial charge in [-0.2, -0.15) is 0 Å². The Balaban J connectivity index is 1.81.